The average molecular weight is 205 g/mol. The summed E-state index contributed by atoms with van der Waals surface area (Å²) in [6.07, 6.45) is 0. The van der Waals surface area contributed by atoms with Gasteiger partial charge in [-0.3, -0.25) is 11.3 Å². The number of nitrogens with two attached hydrogens (primary N) is 1. The highest BCUT2D eigenvalue weighted by atomic mass is 35.5. The fourth-order valence-corrected chi connectivity index (χ4v) is 1.51. The van der Waals surface area contributed by atoms with E-state index < -0.39 is 0 Å². The van der Waals surface area contributed by atoms with Crippen molar-refractivity contribution >= 4 is 23.2 Å². The molecule has 1 atom stereocenters. The Morgan fingerprint density at radius 2 is 2.08 bits per heavy atom. The fraction of sp³-hybridized carbons (Fsp3) is 0.250. The highest BCUT2D eigenvalue weighted by Gasteiger charge is 2.07. The minimum absolute atomic E-state index is 0.0368. The van der Waals surface area contributed by atoms with Gasteiger partial charge in [0.25, 0.3) is 0 Å². The lowest BCUT2D eigenvalue weighted by Gasteiger charge is -2.11. The van der Waals surface area contributed by atoms with E-state index in [1.54, 1.807) is 12.1 Å². The second-order valence-corrected chi connectivity index (χ2v) is 3.40. The number of rotatable bonds is 2. The zero-order valence-corrected chi connectivity index (χ0v) is 8.15. The summed E-state index contributed by atoms with van der Waals surface area (Å²) in [7, 11) is 0. The Balaban J connectivity index is 3.01. The molecule has 1 aromatic carbocycles. The van der Waals surface area contributed by atoms with E-state index in [2.05, 4.69) is 5.43 Å². The van der Waals surface area contributed by atoms with Crippen LogP contribution in [0, 0.1) is 0 Å². The van der Waals surface area contributed by atoms with Gasteiger partial charge in [-0.1, -0.05) is 29.3 Å². The molecule has 3 N–H and O–H groups in total. The Bertz CT molecular complexity index is 276. The van der Waals surface area contributed by atoms with Crippen molar-refractivity contribution in [3.05, 3.63) is 33.8 Å². The van der Waals surface area contributed by atoms with Crippen LogP contribution in [0.4, 0.5) is 0 Å². The van der Waals surface area contributed by atoms with Gasteiger partial charge in [-0.2, -0.15) is 0 Å². The van der Waals surface area contributed by atoms with Crippen LogP contribution in [0.5, 0.6) is 0 Å². The molecule has 0 aromatic heterocycles. The number of benzene rings is 1. The van der Waals surface area contributed by atoms with Gasteiger partial charge < -0.3 is 0 Å². The summed E-state index contributed by atoms with van der Waals surface area (Å²) < 4.78 is 0. The van der Waals surface area contributed by atoms with E-state index in [1.807, 2.05) is 13.0 Å². The summed E-state index contributed by atoms with van der Waals surface area (Å²) in [5, 5.41) is 1.26. The monoisotopic (exact) mass is 204 g/mol. The Morgan fingerprint density at radius 3 is 2.58 bits per heavy atom. The van der Waals surface area contributed by atoms with Crippen molar-refractivity contribution in [2.45, 2.75) is 13.0 Å². The Labute approximate surface area is 81.6 Å². The molecular formula is C8H10Cl2N2. The van der Waals surface area contributed by atoms with Crippen LogP contribution >= 0.6 is 23.2 Å². The van der Waals surface area contributed by atoms with Crippen LogP contribution in [0.15, 0.2) is 18.2 Å². The van der Waals surface area contributed by atoms with Crippen molar-refractivity contribution in [3.63, 3.8) is 0 Å². The highest BCUT2D eigenvalue weighted by molar-refractivity contribution is 6.35. The quantitative estimate of drug-likeness (QED) is 0.575. The lowest BCUT2D eigenvalue weighted by atomic mass is 10.1. The van der Waals surface area contributed by atoms with Crippen molar-refractivity contribution < 1.29 is 0 Å². The molecule has 0 saturated heterocycles. The number of halogens is 2. The van der Waals surface area contributed by atoms with Crippen LogP contribution in [0.25, 0.3) is 0 Å². The van der Waals surface area contributed by atoms with E-state index >= 15 is 0 Å². The molecule has 0 heterocycles. The van der Waals surface area contributed by atoms with Crippen molar-refractivity contribution in [1.82, 2.24) is 5.43 Å². The second-order valence-electron chi connectivity index (χ2n) is 2.55. The molecule has 0 aliphatic carbocycles. The molecule has 1 aromatic rings. The van der Waals surface area contributed by atoms with Crippen LogP contribution in [0.3, 0.4) is 0 Å². The Kier molecular flexibility index (Phi) is 3.35. The van der Waals surface area contributed by atoms with Crippen molar-refractivity contribution in [3.8, 4) is 0 Å². The molecule has 1 rings (SSSR count). The van der Waals surface area contributed by atoms with Crippen LogP contribution in [0.1, 0.15) is 18.5 Å². The van der Waals surface area contributed by atoms with Crippen molar-refractivity contribution in [2.75, 3.05) is 0 Å². The van der Waals surface area contributed by atoms with Gasteiger partial charge in [-0.15, -0.1) is 0 Å². The van der Waals surface area contributed by atoms with E-state index in [0.29, 0.717) is 10.0 Å². The van der Waals surface area contributed by atoms with Crippen LogP contribution in [-0.2, 0) is 0 Å². The SMILES string of the molecule is CC(NN)c1ccc(Cl)cc1Cl. The van der Waals surface area contributed by atoms with Gasteiger partial charge in [0.2, 0.25) is 0 Å². The molecule has 0 aliphatic rings. The number of hydrogen-bond acceptors (Lipinski definition) is 2. The van der Waals surface area contributed by atoms with Gasteiger partial charge >= 0.3 is 0 Å². The third-order valence-corrected chi connectivity index (χ3v) is 2.24. The minimum Gasteiger partial charge on any atom is -0.271 e. The Hall–Kier alpha value is -0.280. The highest BCUT2D eigenvalue weighted by Crippen LogP contribution is 2.25. The maximum atomic E-state index is 5.92. The zero-order chi connectivity index (χ0) is 9.14. The Morgan fingerprint density at radius 1 is 1.42 bits per heavy atom. The molecule has 0 amide bonds. The standard InChI is InChI=1S/C8H10Cl2N2/c1-5(12-11)7-3-2-6(9)4-8(7)10/h2-5,12H,11H2,1H3. The molecule has 0 spiro atoms. The lowest BCUT2D eigenvalue weighted by Crippen LogP contribution is -2.25. The summed E-state index contributed by atoms with van der Waals surface area (Å²) in [5.74, 6) is 5.27. The van der Waals surface area contributed by atoms with Crippen molar-refractivity contribution in [2.24, 2.45) is 5.84 Å². The molecule has 0 aliphatic heterocycles. The minimum atomic E-state index is 0.0368. The van der Waals surface area contributed by atoms with E-state index in [1.165, 1.54) is 0 Å². The largest absolute Gasteiger partial charge is 0.271 e. The molecular weight excluding hydrogens is 195 g/mol. The first-order valence-corrected chi connectivity index (χ1v) is 4.32. The molecule has 0 saturated carbocycles. The van der Waals surface area contributed by atoms with E-state index in [-0.39, 0.29) is 6.04 Å². The van der Waals surface area contributed by atoms with Gasteiger partial charge in [0, 0.05) is 16.1 Å². The lowest BCUT2D eigenvalue weighted by molar-refractivity contribution is 0.603. The van der Waals surface area contributed by atoms with Gasteiger partial charge in [0.15, 0.2) is 0 Å². The summed E-state index contributed by atoms with van der Waals surface area (Å²) in [6, 6.07) is 5.38. The normalized spacial score (nSPS) is 13.0. The fourth-order valence-electron chi connectivity index (χ4n) is 0.942. The molecule has 2 nitrogen and oxygen atoms in total. The van der Waals surface area contributed by atoms with Gasteiger partial charge in [0.05, 0.1) is 0 Å². The number of hydrogen-bond donors (Lipinski definition) is 2. The first-order valence-electron chi connectivity index (χ1n) is 3.56. The zero-order valence-electron chi connectivity index (χ0n) is 6.64. The second kappa shape index (κ2) is 4.10. The maximum absolute atomic E-state index is 5.92. The molecule has 4 heteroatoms. The van der Waals surface area contributed by atoms with Crippen molar-refractivity contribution in [1.29, 1.82) is 0 Å². The average Bonchev–Trinajstić information content (AvgIpc) is 2.03. The summed E-state index contributed by atoms with van der Waals surface area (Å²) in [6.45, 7) is 1.93. The smallest absolute Gasteiger partial charge is 0.0469 e. The predicted molar refractivity (Wildman–Crippen MR) is 52.2 cm³/mol. The molecule has 0 fully saturated rings. The molecule has 12 heavy (non-hydrogen) atoms. The van der Waals surface area contributed by atoms with Gasteiger partial charge in [-0.25, -0.2) is 0 Å². The number of hydrazine groups is 1. The predicted octanol–water partition coefficient (Wildman–Crippen LogP) is 2.52. The van der Waals surface area contributed by atoms with Gasteiger partial charge in [-0.05, 0) is 24.6 Å². The molecule has 1 unspecified atom stereocenters. The number of nitrogens with one attached hydrogen (secondary N) is 1. The van der Waals surface area contributed by atoms with Gasteiger partial charge in [0.1, 0.15) is 0 Å². The van der Waals surface area contributed by atoms with E-state index in [0.717, 1.165) is 5.56 Å². The first kappa shape index (κ1) is 9.81. The van der Waals surface area contributed by atoms with Crippen LogP contribution < -0.4 is 11.3 Å². The third-order valence-electron chi connectivity index (χ3n) is 1.68. The molecule has 0 bridgehead atoms. The summed E-state index contributed by atoms with van der Waals surface area (Å²) in [4.78, 5) is 0. The van der Waals surface area contributed by atoms with E-state index in [4.69, 9.17) is 29.0 Å². The maximum Gasteiger partial charge on any atom is 0.0469 e. The molecule has 66 valence electrons. The van der Waals surface area contributed by atoms with E-state index in [9.17, 15) is 0 Å². The summed E-state index contributed by atoms with van der Waals surface area (Å²) in [5.41, 5.74) is 3.56. The third kappa shape index (κ3) is 2.11. The summed E-state index contributed by atoms with van der Waals surface area (Å²) >= 11 is 11.7. The first-order chi connectivity index (χ1) is 5.65. The van der Waals surface area contributed by atoms with Crippen LogP contribution in [-0.4, -0.2) is 0 Å². The molecule has 0 radical (unpaired) electrons. The van der Waals surface area contributed by atoms with Crippen LogP contribution in [0.2, 0.25) is 10.0 Å². The topological polar surface area (TPSA) is 38.0 Å².